The molecule has 0 aliphatic heterocycles. The molecule has 0 saturated carbocycles. The third-order valence-corrected chi connectivity index (χ3v) is 3.58. The minimum Gasteiger partial charge on any atom is -0.493 e. The molecule has 1 unspecified atom stereocenters. The van der Waals surface area contributed by atoms with Crippen molar-refractivity contribution in [2.75, 3.05) is 20.3 Å². The van der Waals surface area contributed by atoms with E-state index in [1.807, 2.05) is 25.1 Å². The van der Waals surface area contributed by atoms with Crippen LogP contribution in [0.5, 0.6) is 5.75 Å². The van der Waals surface area contributed by atoms with E-state index in [9.17, 15) is 4.79 Å². The number of methoxy groups -OCH3 is 1. The van der Waals surface area contributed by atoms with E-state index in [-0.39, 0.29) is 5.97 Å². The maximum Gasteiger partial charge on any atom is 0.325 e. The van der Waals surface area contributed by atoms with Gasteiger partial charge < -0.3 is 14.8 Å². The number of ether oxygens (including phenoxy) is 2. The van der Waals surface area contributed by atoms with Gasteiger partial charge in [0.1, 0.15) is 11.3 Å². The predicted octanol–water partition coefficient (Wildman–Crippen LogP) is 2.95. The summed E-state index contributed by atoms with van der Waals surface area (Å²) in [4.78, 5) is 11.9. The molecule has 0 aliphatic carbocycles. The number of hydrogen-bond acceptors (Lipinski definition) is 4. The summed E-state index contributed by atoms with van der Waals surface area (Å²) in [6.07, 6.45) is 2.51. The van der Waals surface area contributed by atoms with Crippen LogP contribution < -0.4 is 10.1 Å². The van der Waals surface area contributed by atoms with Crippen LogP contribution in [-0.2, 0) is 16.0 Å². The number of hydrogen-bond donors (Lipinski definition) is 1. The lowest BCUT2D eigenvalue weighted by Gasteiger charge is -2.27. The lowest BCUT2D eigenvalue weighted by molar-refractivity contribution is -0.148. The highest BCUT2D eigenvalue weighted by molar-refractivity contribution is 5.80. The van der Waals surface area contributed by atoms with E-state index in [0.717, 1.165) is 25.1 Å². The minimum atomic E-state index is -0.701. The summed E-state index contributed by atoms with van der Waals surface area (Å²) in [6.45, 7) is 7.28. The van der Waals surface area contributed by atoms with Crippen LogP contribution in [0.25, 0.3) is 0 Å². The maximum atomic E-state index is 11.9. The van der Waals surface area contributed by atoms with Crippen LogP contribution in [-0.4, -0.2) is 31.8 Å². The first-order chi connectivity index (χ1) is 10.1. The highest BCUT2D eigenvalue weighted by Gasteiger charge is 2.33. The van der Waals surface area contributed by atoms with Crippen LogP contribution in [0.3, 0.4) is 0 Å². The lowest BCUT2D eigenvalue weighted by Crippen LogP contribution is -2.51. The zero-order valence-electron chi connectivity index (χ0n) is 13.6. The third kappa shape index (κ3) is 5.38. The topological polar surface area (TPSA) is 47.6 Å². The first-order valence-electron chi connectivity index (χ1n) is 7.61. The highest BCUT2D eigenvalue weighted by Crippen LogP contribution is 2.17. The zero-order chi connectivity index (χ0) is 15.7. The van der Waals surface area contributed by atoms with Crippen LogP contribution in [0.15, 0.2) is 24.3 Å². The van der Waals surface area contributed by atoms with Crippen LogP contribution in [0, 0.1) is 0 Å². The zero-order valence-corrected chi connectivity index (χ0v) is 13.6. The van der Waals surface area contributed by atoms with Gasteiger partial charge in [-0.15, -0.1) is 0 Å². The molecule has 0 saturated heterocycles. The predicted molar refractivity (Wildman–Crippen MR) is 84.6 cm³/mol. The molecule has 1 aromatic carbocycles. The van der Waals surface area contributed by atoms with Crippen LogP contribution in [0.4, 0.5) is 0 Å². The average molecular weight is 293 g/mol. The van der Waals surface area contributed by atoms with E-state index >= 15 is 0 Å². The number of carbonyl (C=O) groups is 1. The quantitative estimate of drug-likeness (QED) is 0.711. The number of benzene rings is 1. The van der Waals surface area contributed by atoms with Gasteiger partial charge in [-0.2, -0.15) is 0 Å². The van der Waals surface area contributed by atoms with Gasteiger partial charge >= 0.3 is 5.97 Å². The molecule has 0 spiro atoms. The van der Waals surface area contributed by atoms with Gasteiger partial charge in [-0.3, -0.25) is 4.79 Å². The molecule has 1 N–H and O–H groups in total. The van der Waals surface area contributed by atoms with E-state index in [1.165, 1.54) is 12.7 Å². The lowest BCUT2D eigenvalue weighted by atomic mass is 9.98. The smallest absolute Gasteiger partial charge is 0.325 e. The Morgan fingerprint density at radius 2 is 2.10 bits per heavy atom. The summed E-state index contributed by atoms with van der Waals surface area (Å²) in [7, 11) is 1.42. The van der Waals surface area contributed by atoms with Gasteiger partial charge in [0.15, 0.2) is 0 Å². The molecule has 0 fully saturated rings. The van der Waals surface area contributed by atoms with Crippen LogP contribution in [0.1, 0.15) is 39.2 Å². The second kappa shape index (κ2) is 8.67. The Kier molecular flexibility index (Phi) is 7.23. The fourth-order valence-corrected chi connectivity index (χ4v) is 2.12. The van der Waals surface area contributed by atoms with Gasteiger partial charge in [0.05, 0.1) is 13.7 Å². The van der Waals surface area contributed by atoms with Crippen molar-refractivity contribution in [1.82, 2.24) is 5.32 Å². The van der Waals surface area contributed by atoms with Crippen molar-refractivity contribution in [3.8, 4) is 5.75 Å². The SMILES string of the molecule is CCCNC(C)(CCOc1cccc(CC)c1)C(=O)OC. The van der Waals surface area contributed by atoms with Gasteiger partial charge in [-0.05, 0) is 44.0 Å². The minimum absolute atomic E-state index is 0.248. The number of nitrogens with one attached hydrogen (secondary N) is 1. The summed E-state index contributed by atoms with van der Waals surface area (Å²) in [5, 5.41) is 3.25. The Bertz CT molecular complexity index is 447. The number of aryl methyl sites for hydroxylation is 1. The van der Waals surface area contributed by atoms with E-state index in [0.29, 0.717) is 13.0 Å². The Balaban J connectivity index is 2.58. The van der Waals surface area contributed by atoms with Crippen LogP contribution >= 0.6 is 0 Å². The molecular formula is C17H27NO3. The largest absolute Gasteiger partial charge is 0.493 e. The number of carbonyl (C=O) groups excluding carboxylic acids is 1. The summed E-state index contributed by atoms with van der Waals surface area (Å²) in [5.41, 5.74) is 0.542. The molecule has 4 nitrogen and oxygen atoms in total. The normalized spacial score (nSPS) is 13.5. The first kappa shape index (κ1) is 17.5. The van der Waals surface area contributed by atoms with Gasteiger partial charge in [0.2, 0.25) is 0 Å². The monoisotopic (exact) mass is 293 g/mol. The summed E-state index contributed by atoms with van der Waals surface area (Å²) >= 11 is 0. The third-order valence-electron chi connectivity index (χ3n) is 3.58. The molecular weight excluding hydrogens is 266 g/mol. The summed E-state index contributed by atoms with van der Waals surface area (Å²) in [5.74, 6) is 0.596. The van der Waals surface area contributed by atoms with Crippen molar-refractivity contribution >= 4 is 5.97 Å². The molecule has 0 amide bonds. The van der Waals surface area contributed by atoms with E-state index in [2.05, 4.69) is 25.2 Å². The summed E-state index contributed by atoms with van der Waals surface area (Å²) in [6, 6.07) is 8.04. The fourth-order valence-electron chi connectivity index (χ4n) is 2.12. The molecule has 4 heteroatoms. The van der Waals surface area contributed by atoms with Crippen molar-refractivity contribution in [2.24, 2.45) is 0 Å². The van der Waals surface area contributed by atoms with E-state index < -0.39 is 5.54 Å². The van der Waals surface area contributed by atoms with Gasteiger partial charge in [0, 0.05) is 6.42 Å². The molecule has 0 heterocycles. The molecule has 118 valence electrons. The standard InChI is InChI=1S/C17H27NO3/c1-5-11-18-17(3,16(19)20-4)10-12-21-15-9-7-8-14(6-2)13-15/h7-9,13,18H,5-6,10-12H2,1-4H3. The Labute approximate surface area is 127 Å². The Morgan fingerprint density at radius 1 is 1.33 bits per heavy atom. The number of esters is 1. The summed E-state index contributed by atoms with van der Waals surface area (Å²) < 4.78 is 10.7. The van der Waals surface area contributed by atoms with Crippen LogP contribution in [0.2, 0.25) is 0 Å². The molecule has 0 aliphatic rings. The molecule has 1 rings (SSSR count). The fraction of sp³-hybridized carbons (Fsp3) is 0.588. The second-order valence-electron chi connectivity index (χ2n) is 5.35. The van der Waals surface area contributed by atoms with Gasteiger partial charge in [-0.1, -0.05) is 26.0 Å². The van der Waals surface area contributed by atoms with Crippen molar-refractivity contribution in [3.63, 3.8) is 0 Å². The van der Waals surface area contributed by atoms with Gasteiger partial charge in [0.25, 0.3) is 0 Å². The van der Waals surface area contributed by atoms with Crippen molar-refractivity contribution in [1.29, 1.82) is 0 Å². The molecule has 1 atom stereocenters. The Hall–Kier alpha value is -1.55. The van der Waals surface area contributed by atoms with Crippen molar-refractivity contribution in [2.45, 2.75) is 45.6 Å². The molecule has 21 heavy (non-hydrogen) atoms. The van der Waals surface area contributed by atoms with E-state index in [4.69, 9.17) is 9.47 Å². The van der Waals surface area contributed by atoms with Gasteiger partial charge in [-0.25, -0.2) is 0 Å². The number of rotatable bonds is 9. The Morgan fingerprint density at radius 3 is 2.71 bits per heavy atom. The molecule has 0 bridgehead atoms. The molecule has 0 radical (unpaired) electrons. The molecule has 1 aromatic rings. The highest BCUT2D eigenvalue weighted by atomic mass is 16.5. The average Bonchev–Trinajstić information content (AvgIpc) is 2.52. The first-order valence-corrected chi connectivity index (χ1v) is 7.61. The molecule has 0 aromatic heterocycles. The van der Waals surface area contributed by atoms with Crippen molar-refractivity contribution in [3.05, 3.63) is 29.8 Å². The maximum absolute atomic E-state index is 11.9. The van der Waals surface area contributed by atoms with E-state index in [1.54, 1.807) is 0 Å². The second-order valence-corrected chi connectivity index (χ2v) is 5.35. The van der Waals surface area contributed by atoms with Crippen molar-refractivity contribution < 1.29 is 14.3 Å².